The van der Waals surface area contributed by atoms with Crippen LogP contribution in [0.25, 0.3) is 72.8 Å². The van der Waals surface area contributed by atoms with Crippen molar-refractivity contribution < 1.29 is 0 Å². The monoisotopic (exact) mass is 709 g/mol. The third-order valence-electron chi connectivity index (χ3n) is 12.9. The van der Waals surface area contributed by atoms with Crippen LogP contribution in [0.15, 0.2) is 146 Å². The van der Waals surface area contributed by atoms with Gasteiger partial charge >= 0.3 is 0 Å². The molecule has 0 aliphatic heterocycles. The van der Waals surface area contributed by atoms with Crippen LogP contribution in [0.2, 0.25) is 0 Å². The number of nitrogens with zero attached hydrogens (tertiary/aromatic N) is 5. The number of hydrogen-bond donors (Lipinski definition) is 0. The van der Waals surface area contributed by atoms with E-state index in [9.17, 15) is 5.26 Å². The van der Waals surface area contributed by atoms with E-state index in [1.807, 2.05) is 30.3 Å². The lowest BCUT2D eigenvalue weighted by molar-refractivity contribution is -0.00518. The summed E-state index contributed by atoms with van der Waals surface area (Å²) in [6, 6.07) is 53.3. The zero-order chi connectivity index (χ0) is 36.5. The first-order valence-electron chi connectivity index (χ1n) is 19.7. The molecule has 2 heterocycles. The van der Waals surface area contributed by atoms with Gasteiger partial charge in [0.1, 0.15) is 0 Å². The third kappa shape index (κ3) is 5.47. The average Bonchev–Trinajstić information content (AvgIpc) is 3.57. The maximum atomic E-state index is 9.54. The predicted octanol–water partition coefficient (Wildman–Crippen LogP) is 12.0. The summed E-state index contributed by atoms with van der Waals surface area (Å²) in [4.78, 5) is 15.1. The Bertz CT molecular complexity index is 2740. The molecule has 264 valence electrons. The molecular formula is C50H39N5. The normalized spacial score (nSPS) is 21.3. The molecule has 0 unspecified atom stereocenters. The third-order valence-corrected chi connectivity index (χ3v) is 12.9. The second-order valence-electron chi connectivity index (χ2n) is 16.3. The van der Waals surface area contributed by atoms with Crippen LogP contribution in [-0.2, 0) is 5.41 Å². The molecule has 2 aromatic heterocycles. The minimum atomic E-state index is 0.364. The van der Waals surface area contributed by atoms with Crippen molar-refractivity contribution in [1.29, 1.82) is 5.26 Å². The van der Waals surface area contributed by atoms with Gasteiger partial charge in [-0.15, -0.1) is 0 Å². The van der Waals surface area contributed by atoms with Crippen LogP contribution in [0.3, 0.4) is 0 Å². The first kappa shape index (κ1) is 32.1. The number of para-hydroxylation sites is 1. The quantitative estimate of drug-likeness (QED) is 0.172. The lowest BCUT2D eigenvalue weighted by atomic mass is 9.48. The van der Waals surface area contributed by atoms with E-state index in [4.69, 9.17) is 15.0 Å². The number of fused-ring (bicyclic) bond motifs is 3. The first-order valence-corrected chi connectivity index (χ1v) is 19.7. The molecule has 12 rings (SSSR count). The fourth-order valence-corrected chi connectivity index (χ4v) is 10.7. The lowest BCUT2D eigenvalue weighted by Crippen LogP contribution is -2.48. The molecule has 0 atom stereocenters. The molecule has 4 aliphatic carbocycles. The highest BCUT2D eigenvalue weighted by molar-refractivity contribution is 6.09. The van der Waals surface area contributed by atoms with Crippen molar-refractivity contribution in [3.63, 3.8) is 0 Å². The van der Waals surface area contributed by atoms with Crippen LogP contribution >= 0.6 is 0 Å². The largest absolute Gasteiger partial charge is 0.309 e. The zero-order valence-corrected chi connectivity index (χ0v) is 30.6. The summed E-state index contributed by atoms with van der Waals surface area (Å²) in [6.07, 6.45) is 8.44. The molecule has 4 bridgehead atoms. The maximum Gasteiger partial charge on any atom is 0.164 e. The van der Waals surface area contributed by atoms with Crippen LogP contribution < -0.4 is 0 Å². The zero-order valence-electron chi connectivity index (χ0n) is 30.6. The van der Waals surface area contributed by atoms with Crippen molar-refractivity contribution >= 4 is 21.8 Å². The molecule has 4 saturated carbocycles. The summed E-state index contributed by atoms with van der Waals surface area (Å²) in [7, 11) is 0. The highest BCUT2D eigenvalue weighted by Crippen LogP contribution is 2.60. The lowest BCUT2D eigenvalue weighted by Gasteiger charge is -2.57. The summed E-state index contributed by atoms with van der Waals surface area (Å²) in [5.41, 5.74) is 11.0. The van der Waals surface area contributed by atoms with Crippen molar-refractivity contribution in [2.75, 3.05) is 0 Å². The van der Waals surface area contributed by atoms with E-state index in [2.05, 4.69) is 126 Å². The van der Waals surface area contributed by atoms with Gasteiger partial charge in [-0.1, -0.05) is 109 Å². The van der Waals surface area contributed by atoms with Crippen LogP contribution in [0, 0.1) is 29.1 Å². The molecule has 0 N–H and O–H groups in total. The van der Waals surface area contributed by atoms with Crippen LogP contribution in [0.4, 0.5) is 0 Å². The van der Waals surface area contributed by atoms with E-state index in [0.29, 0.717) is 28.5 Å². The van der Waals surface area contributed by atoms with E-state index in [-0.39, 0.29) is 0 Å². The van der Waals surface area contributed by atoms with Gasteiger partial charge in [-0.3, -0.25) is 0 Å². The van der Waals surface area contributed by atoms with Crippen LogP contribution in [-0.4, -0.2) is 19.5 Å². The Labute approximate surface area is 321 Å². The number of rotatable bonds is 6. The smallest absolute Gasteiger partial charge is 0.164 e. The molecule has 0 radical (unpaired) electrons. The Morgan fingerprint density at radius 1 is 0.491 bits per heavy atom. The summed E-state index contributed by atoms with van der Waals surface area (Å²) >= 11 is 0. The summed E-state index contributed by atoms with van der Waals surface area (Å²) in [6.45, 7) is 0. The van der Waals surface area contributed by atoms with E-state index in [1.54, 1.807) is 0 Å². The minimum absolute atomic E-state index is 0.364. The fraction of sp³-hybridized carbons (Fsp3) is 0.200. The Morgan fingerprint density at radius 3 is 1.58 bits per heavy atom. The number of benzene rings is 6. The maximum absolute atomic E-state index is 9.54. The van der Waals surface area contributed by atoms with Crippen molar-refractivity contribution in [2.45, 2.75) is 43.9 Å². The van der Waals surface area contributed by atoms with E-state index in [0.717, 1.165) is 73.1 Å². The van der Waals surface area contributed by atoms with Crippen LogP contribution in [0.1, 0.15) is 49.7 Å². The van der Waals surface area contributed by atoms with Crippen molar-refractivity contribution in [1.82, 2.24) is 19.5 Å². The predicted molar refractivity (Wildman–Crippen MR) is 220 cm³/mol. The highest BCUT2D eigenvalue weighted by Gasteiger charge is 2.51. The molecule has 5 nitrogen and oxygen atoms in total. The molecule has 4 aliphatic rings. The summed E-state index contributed by atoms with van der Waals surface area (Å²) in [5.74, 6) is 4.81. The summed E-state index contributed by atoms with van der Waals surface area (Å²) < 4.78 is 2.28. The van der Waals surface area contributed by atoms with Gasteiger partial charge in [0, 0.05) is 33.2 Å². The Hall–Kier alpha value is -6.38. The number of aromatic nitrogens is 4. The molecule has 6 aromatic carbocycles. The van der Waals surface area contributed by atoms with Gasteiger partial charge in [0.15, 0.2) is 17.5 Å². The Kier molecular flexibility index (Phi) is 7.35. The summed E-state index contributed by atoms with van der Waals surface area (Å²) in [5, 5.41) is 11.8. The Morgan fingerprint density at radius 2 is 0.982 bits per heavy atom. The van der Waals surface area contributed by atoms with Gasteiger partial charge in [-0.2, -0.15) is 5.26 Å². The average molecular weight is 710 g/mol. The molecule has 5 heteroatoms. The van der Waals surface area contributed by atoms with Gasteiger partial charge in [0.2, 0.25) is 0 Å². The fourth-order valence-electron chi connectivity index (χ4n) is 10.7. The molecule has 4 fully saturated rings. The van der Waals surface area contributed by atoms with Gasteiger partial charge in [0.05, 0.1) is 22.7 Å². The molecule has 0 saturated heterocycles. The molecule has 55 heavy (non-hydrogen) atoms. The number of hydrogen-bond acceptors (Lipinski definition) is 4. The van der Waals surface area contributed by atoms with Gasteiger partial charge in [-0.05, 0) is 115 Å². The van der Waals surface area contributed by atoms with E-state index >= 15 is 0 Å². The Balaban J connectivity index is 0.911. The van der Waals surface area contributed by atoms with Crippen LogP contribution in [0.5, 0.6) is 0 Å². The van der Waals surface area contributed by atoms with Gasteiger partial charge in [0.25, 0.3) is 0 Å². The standard InChI is InChI=1S/C50H39N5/c51-31-32-10-23-46-44(27-32)43-8-4-5-9-45(43)55(46)42-21-17-37(18-22-42)36-11-13-39(14-12-36)48-52-47(38-6-2-1-3-7-38)53-49(54-48)40-15-19-41(20-16-40)50-28-33-24-34(29-50)26-35(25-33)30-50/h1-23,27,33-35H,24-26,28-30H2/t33-,34+,35-,50?. The van der Waals surface area contributed by atoms with Crippen molar-refractivity contribution in [2.24, 2.45) is 17.8 Å². The SMILES string of the molecule is N#Cc1ccc2c(c1)c1ccccc1n2-c1ccc(-c2ccc(-c3nc(-c4ccccc4)nc(-c4ccc(C56C[C@H]7C[C@@H](C5)C[C@@H](C6)C7)cc4)n3)cc2)cc1. The molecule has 0 amide bonds. The minimum Gasteiger partial charge on any atom is -0.309 e. The molecular weight excluding hydrogens is 671 g/mol. The van der Waals surface area contributed by atoms with Gasteiger partial charge < -0.3 is 4.57 Å². The van der Waals surface area contributed by atoms with E-state index in [1.165, 1.54) is 44.1 Å². The first-order chi connectivity index (χ1) is 27.1. The van der Waals surface area contributed by atoms with Crippen molar-refractivity contribution in [3.8, 4) is 57.0 Å². The molecule has 8 aromatic rings. The second kappa shape index (κ2) is 12.6. The van der Waals surface area contributed by atoms with Gasteiger partial charge in [-0.25, -0.2) is 15.0 Å². The molecule has 0 spiro atoms. The van der Waals surface area contributed by atoms with E-state index < -0.39 is 0 Å². The topological polar surface area (TPSA) is 67.4 Å². The number of nitriles is 1. The second-order valence-corrected chi connectivity index (χ2v) is 16.3. The van der Waals surface area contributed by atoms with Crippen molar-refractivity contribution in [3.05, 3.63) is 157 Å². The highest BCUT2D eigenvalue weighted by atomic mass is 15.0.